The van der Waals surface area contributed by atoms with E-state index in [1.54, 1.807) is 18.2 Å². The Kier molecular flexibility index (Phi) is 7.60. The lowest BCUT2D eigenvalue weighted by Crippen LogP contribution is -2.36. The van der Waals surface area contributed by atoms with Crippen molar-refractivity contribution >= 4 is 27.2 Å². The van der Waals surface area contributed by atoms with Crippen molar-refractivity contribution in [3.63, 3.8) is 0 Å². The maximum atomic E-state index is 12.4. The van der Waals surface area contributed by atoms with Crippen molar-refractivity contribution < 1.29 is 13.2 Å². The van der Waals surface area contributed by atoms with Crippen LogP contribution in [0.25, 0.3) is 0 Å². The molecule has 2 N–H and O–H groups in total. The van der Waals surface area contributed by atoms with E-state index in [0.717, 1.165) is 38.3 Å². The second-order valence-electron chi connectivity index (χ2n) is 8.07. The van der Waals surface area contributed by atoms with Gasteiger partial charge in [-0.15, -0.1) is 0 Å². The highest BCUT2D eigenvalue weighted by atomic mass is 32.2. The third-order valence-corrected chi connectivity index (χ3v) is 7.43. The van der Waals surface area contributed by atoms with Crippen molar-refractivity contribution in [1.29, 1.82) is 5.26 Å². The molecule has 35 heavy (non-hydrogen) atoms. The highest BCUT2D eigenvalue weighted by Gasteiger charge is 2.18. The first-order valence-corrected chi connectivity index (χ1v) is 12.9. The van der Waals surface area contributed by atoms with Gasteiger partial charge in [-0.3, -0.25) is 0 Å². The predicted octanol–water partition coefficient (Wildman–Crippen LogP) is 2.99. The molecule has 0 unspecified atom stereocenters. The number of morpholine rings is 1. The summed E-state index contributed by atoms with van der Waals surface area (Å²) < 4.78 is 32.6. The van der Waals surface area contributed by atoms with Crippen LogP contribution in [0.3, 0.4) is 0 Å². The Hall–Kier alpha value is -3.52. The van der Waals surface area contributed by atoms with Gasteiger partial charge >= 0.3 is 0 Å². The molecule has 0 saturated carbocycles. The molecule has 2 heterocycles. The molecule has 0 aliphatic carbocycles. The molecule has 0 bridgehead atoms. The summed E-state index contributed by atoms with van der Waals surface area (Å²) in [6.07, 6.45) is 2.82. The van der Waals surface area contributed by atoms with E-state index in [-0.39, 0.29) is 16.3 Å². The largest absolute Gasteiger partial charge is 0.378 e. The number of ether oxygens (including phenoxy) is 1. The summed E-state index contributed by atoms with van der Waals surface area (Å²) in [6, 6.07) is 15.0. The summed E-state index contributed by atoms with van der Waals surface area (Å²) in [5, 5.41) is 12.6. The summed E-state index contributed by atoms with van der Waals surface area (Å²) >= 11 is 0. The van der Waals surface area contributed by atoms with Crippen LogP contribution < -0.4 is 14.9 Å². The zero-order chi connectivity index (χ0) is 24.8. The van der Waals surface area contributed by atoms with Gasteiger partial charge in [0.2, 0.25) is 10.0 Å². The number of anilines is 3. The van der Waals surface area contributed by atoms with Gasteiger partial charge in [0.1, 0.15) is 22.4 Å². The van der Waals surface area contributed by atoms with E-state index in [2.05, 4.69) is 56.1 Å². The number of nitrogens with zero attached hydrogens (tertiary/aromatic N) is 4. The Labute approximate surface area is 205 Å². The summed E-state index contributed by atoms with van der Waals surface area (Å²) in [4.78, 5) is 11.4. The van der Waals surface area contributed by atoms with E-state index in [1.807, 2.05) is 0 Å². The van der Waals surface area contributed by atoms with E-state index in [1.165, 1.54) is 30.6 Å². The molecule has 1 saturated heterocycles. The van der Waals surface area contributed by atoms with Crippen LogP contribution in [0.1, 0.15) is 29.4 Å². The van der Waals surface area contributed by atoms with Crippen molar-refractivity contribution in [2.75, 3.05) is 43.6 Å². The maximum absolute atomic E-state index is 12.4. The standard InChI is InChI=1S/C25H28N6O3S/c1-3-18-14-21(31-10-12-34-13-11-31)9-8-19(18)15-24-28-17-20(16-26)25(30-24)29-22-6-4-5-7-23(22)35(32,33)27-2/h4-9,14,17,27H,3,10-13,15H2,1-2H3,(H,28,29,30). The minimum Gasteiger partial charge on any atom is -0.378 e. The first kappa shape index (κ1) is 24.6. The van der Waals surface area contributed by atoms with E-state index in [9.17, 15) is 13.7 Å². The van der Waals surface area contributed by atoms with Crippen molar-refractivity contribution in [3.8, 4) is 6.07 Å². The van der Waals surface area contributed by atoms with Gasteiger partial charge in [0.15, 0.2) is 5.82 Å². The number of nitriles is 1. The monoisotopic (exact) mass is 492 g/mol. The lowest BCUT2D eigenvalue weighted by atomic mass is 10.0. The highest BCUT2D eigenvalue weighted by molar-refractivity contribution is 7.89. The SMILES string of the molecule is CCc1cc(N2CCOCC2)ccc1Cc1ncc(C#N)c(Nc2ccccc2S(=O)(=O)NC)n1. The number of para-hydroxylation sites is 1. The van der Waals surface area contributed by atoms with E-state index in [0.29, 0.717) is 17.9 Å². The first-order valence-electron chi connectivity index (χ1n) is 11.4. The molecule has 4 rings (SSSR count). The molecule has 10 heteroatoms. The van der Waals surface area contributed by atoms with Crippen LogP contribution >= 0.6 is 0 Å². The Morgan fingerprint density at radius 1 is 1.14 bits per heavy atom. The lowest BCUT2D eigenvalue weighted by molar-refractivity contribution is 0.122. The highest BCUT2D eigenvalue weighted by Crippen LogP contribution is 2.27. The van der Waals surface area contributed by atoms with Crippen molar-refractivity contribution in [1.82, 2.24) is 14.7 Å². The molecule has 2 aromatic carbocycles. The minimum atomic E-state index is -3.70. The fraction of sp³-hybridized carbons (Fsp3) is 0.320. The van der Waals surface area contributed by atoms with Crippen LogP contribution in [-0.4, -0.2) is 51.7 Å². The van der Waals surface area contributed by atoms with Gasteiger partial charge in [-0.05, 0) is 48.9 Å². The zero-order valence-electron chi connectivity index (χ0n) is 19.8. The van der Waals surface area contributed by atoms with E-state index < -0.39 is 10.0 Å². The van der Waals surface area contributed by atoms with Gasteiger partial charge in [0.25, 0.3) is 0 Å². The fourth-order valence-corrected chi connectivity index (χ4v) is 4.91. The quantitative estimate of drug-likeness (QED) is 0.492. The Balaban J connectivity index is 1.63. The van der Waals surface area contributed by atoms with E-state index in [4.69, 9.17) is 4.74 Å². The Bertz CT molecular complexity index is 1350. The molecule has 0 spiro atoms. The van der Waals surface area contributed by atoms with Crippen LogP contribution in [0.4, 0.5) is 17.2 Å². The molecule has 1 fully saturated rings. The average Bonchev–Trinajstić information content (AvgIpc) is 2.90. The number of aromatic nitrogens is 2. The van der Waals surface area contributed by atoms with Crippen molar-refractivity contribution in [2.45, 2.75) is 24.7 Å². The molecule has 1 aliphatic heterocycles. The number of aryl methyl sites for hydroxylation is 1. The van der Waals surface area contributed by atoms with Crippen LogP contribution in [0.15, 0.2) is 53.6 Å². The molecule has 0 radical (unpaired) electrons. The van der Waals surface area contributed by atoms with Crippen molar-refractivity contribution in [3.05, 3.63) is 71.2 Å². The summed E-state index contributed by atoms with van der Waals surface area (Å²) in [5.74, 6) is 0.800. The zero-order valence-corrected chi connectivity index (χ0v) is 20.6. The fourth-order valence-electron chi connectivity index (χ4n) is 4.02. The molecule has 1 aromatic heterocycles. The first-order chi connectivity index (χ1) is 16.9. The molecule has 9 nitrogen and oxygen atoms in total. The molecule has 1 aliphatic rings. The third kappa shape index (κ3) is 5.59. The Morgan fingerprint density at radius 2 is 1.91 bits per heavy atom. The molecular formula is C25H28N6O3S. The molecular weight excluding hydrogens is 464 g/mol. The minimum absolute atomic E-state index is 0.0681. The summed E-state index contributed by atoms with van der Waals surface area (Å²) in [6.45, 7) is 5.34. The predicted molar refractivity (Wildman–Crippen MR) is 134 cm³/mol. The molecule has 0 atom stereocenters. The van der Waals surface area contributed by atoms with Crippen LogP contribution in [-0.2, 0) is 27.6 Å². The van der Waals surface area contributed by atoms with Crippen LogP contribution in [0.5, 0.6) is 0 Å². The summed E-state index contributed by atoms with van der Waals surface area (Å²) in [5.41, 5.74) is 4.05. The second-order valence-corrected chi connectivity index (χ2v) is 9.93. The maximum Gasteiger partial charge on any atom is 0.242 e. The Morgan fingerprint density at radius 3 is 2.63 bits per heavy atom. The molecule has 0 amide bonds. The number of rotatable bonds is 8. The van der Waals surface area contributed by atoms with Gasteiger partial charge in [-0.1, -0.05) is 25.1 Å². The van der Waals surface area contributed by atoms with E-state index >= 15 is 0 Å². The van der Waals surface area contributed by atoms with Gasteiger partial charge < -0.3 is 15.0 Å². The number of sulfonamides is 1. The van der Waals surface area contributed by atoms with Crippen LogP contribution in [0, 0.1) is 11.3 Å². The van der Waals surface area contributed by atoms with Gasteiger partial charge in [-0.25, -0.2) is 23.1 Å². The van der Waals surface area contributed by atoms with Gasteiger partial charge in [0.05, 0.1) is 25.1 Å². The van der Waals surface area contributed by atoms with Gasteiger partial charge in [-0.2, -0.15) is 5.26 Å². The molecule has 182 valence electrons. The smallest absolute Gasteiger partial charge is 0.242 e. The number of nitrogens with one attached hydrogen (secondary N) is 2. The third-order valence-electron chi connectivity index (χ3n) is 5.95. The van der Waals surface area contributed by atoms with Gasteiger partial charge in [0, 0.05) is 25.2 Å². The second kappa shape index (κ2) is 10.8. The topological polar surface area (TPSA) is 120 Å². The number of hydrogen-bond acceptors (Lipinski definition) is 8. The average molecular weight is 493 g/mol. The van der Waals surface area contributed by atoms with Crippen LogP contribution in [0.2, 0.25) is 0 Å². The number of benzene rings is 2. The lowest BCUT2D eigenvalue weighted by Gasteiger charge is -2.29. The molecule has 3 aromatic rings. The summed E-state index contributed by atoms with van der Waals surface area (Å²) in [7, 11) is -2.35. The number of hydrogen-bond donors (Lipinski definition) is 2. The normalized spacial score (nSPS) is 13.9. The van der Waals surface area contributed by atoms with Crippen molar-refractivity contribution in [2.24, 2.45) is 0 Å².